The van der Waals surface area contributed by atoms with Crippen LogP contribution in [0.15, 0.2) is 4.99 Å². The van der Waals surface area contributed by atoms with Crippen LogP contribution in [0, 0.1) is 11.8 Å². The predicted molar refractivity (Wildman–Crippen MR) is 97.6 cm³/mol. The van der Waals surface area contributed by atoms with Gasteiger partial charge in [0.25, 0.3) is 0 Å². The van der Waals surface area contributed by atoms with Crippen LogP contribution in [0.1, 0.15) is 59.8 Å². The van der Waals surface area contributed by atoms with Gasteiger partial charge in [-0.15, -0.1) is 0 Å². The first-order valence-corrected chi connectivity index (χ1v) is 8.94. The molecule has 2 atom stereocenters. The third-order valence-corrected chi connectivity index (χ3v) is 4.35. The zero-order valence-corrected chi connectivity index (χ0v) is 15.9. The van der Waals surface area contributed by atoms with Crippen LogP contribution in [0.4, 0.5) is 0 Å². The molecule has 0 aromatic carbocycles. The highest BCUT2D eigenvalue weighted by molar-refractivity contribution is 5.86. The first kappa shape index (κ1) is 19.8. The fraction of sp³-hybridized carbons (Fsp3) is 0.889. The summed E-state index contributed by atoms with van der Waals surface area (Å²) in [5.74, 6) is 2.51. The Morgan fingerprint density at radius 3 is 2.57 bits per heavy atom. The Kier molecular flexibility index (Phi) is 7.86. The highest BCUT2D eigenvalue weighted by atomic mass is 16.2. The minimum Gasteiger partial charge on any atom is -0.356 e. The number of nitrogens with zero attached hydrogens (tertiary/aromatic N) is 2. The first-order valence-electron chi connectivity index (χ1n) is 8.94. The Balaban J connectivity index is 2.34. The molecule has 2 N–H and O–H groups in total. The van der Waals surface area contributed by atoms with Crippen LogP contribution in [0.3, 0.4) is 0 Å². The number of hydrogen-bond acceptors (Lipinski definition) is 2. The molecule has 0 saturated heterocycles. The molecule has 0 bridgehead atoms. The molecule has 23 heavy (non-hydrogen) atoms. The number of carbonyl (C=O) groups excluding carboxylic acids is 1. The second kappa shape index (κ2) is 9.14. The Labute approximate surface area is 142 Å². The van der Waals surface area contributed by atoms with E-state index in [0.717, 1.165) is 24.3 Å². The number of carbonyl (C=O) groups is 1. The summed E-state index contributed by atoms with van der Waals surface area (Å²) in [5, 5.41) is 6.37. The van der Waals surface area contributed by atoms with E-state index in [2.05, 4.69) is 22.5 Å². The van der Waals surface area contributed by atoms with Crippen molar-refractivity contribution in [2.24, 2.45) is 16.8 Å². The third kappa shape index (κ3) is 8.24. The topological polar surface area (TPSA) is 56.7 Å². The molecule has 1 rings (SSSR count). The third-order valence-electron chi connectivity index (χ3n) is 4.35. The number of rotatable bonds is 5. The molecule has 1 aliphatic carbocycles. The van der Waals surface area contributed by atoms with Crippen LogP contribution >= 0.6 is 0 Å². The zero-order valence-electron chi connectivity index (χ0n) is 15.9. The van der Waals surface area contributed by atoms with Crippen molar-refractivity contribution in [2.45, 2.75) is 65.3 Å². The summed E-state index contributed by atoms with van der Waals surface area (Å²) in [4.78, 5) is 18.2. The summed E-state index contributed by atoms with van der Waals surface area (Å²) in [6, 6.07) is 0. The van der Waals surface area contributed by atoms with E-state index < -0.39 is 0 Å². The summed E-state index contributed by atoms with van der Waals surface area (Å²) in [7, 11) is 3.67. The van der Waals surface area contributed by atoms with E-state index in [-0.39, 0.29) is 11.4 Å². The smallest absolute Gasteiger partial charge is 0.240 e. The fourth-order valence-electron chi connectivity index (χ4n) is 3.34. The molecule has 0 aliphatic heterocycles. The lowest BCUT2D eigenvalue weighted by molar-refractivity contribution is -0.122. The van der Waals surface area contributed by atoms with E-state index in [0.29, 0.717) is 6.54 Å². The van der Waals surface area contributed by atoms with E-state index in [9.17, 15) is 4.79 Å². The second-order valence-electron chi connectivity index (χ2n) is 8.05. The highest BCUT2D eigenvalue weighted by Crippen LogP contribution is 2.30. The number of aliphatic imine (C=N–C) groups is 1. The largest absolute Gasteiger partial charge is 0.356 e. The molecule has 134 valence electrons. The van der Waals surface area contributed by atoms with Gasteiger partial charge >= 0.3 is 0 Å². The summed E-state index contributed by atoms with van der Waals surface area (Å²) >= 11 is 0. The molecule has 5 nitrogen and oxygen atoms in total. The molecule has 0 aromatic heterocycles. The normalized spacial score (nSPS) is 22.6. The molecule has 5 heteroatoms. The SMILES string of the molecule is CN=C(NCCC1CCCC(C)C1)N(C)CC(=O)NC(C)(C)C. The van der Waals surface area contributed by atoms with Crippen molar-refractivity contribution in [1.82, 2.24) is 15.5 Å². The average Bonchev–Trinajstić information content (AvgIpc) is 2.41. The molecular formula is C18H36N4O. The van der Waals surface area contributed by atoms with E-state index in [1.54, 1.807) is 7.05 Å². The molecule has 1 amide bonds. The van der Waals surface area contributed by atoms with E-state index in [4.69, 9.17) is 0 Å². The van der Waals surface area contributed by atoms with Crippen molar-refractivity contribution in [1.29, 1.82) is 0 Å². The molecule has 0 radical (unpaired) electrons. The van der Waals surface area contributed by atoms with Gasteiger partial charge in [-0.25, -0.2) is 0 Å². The molecule has 0 spiro atoms. The number of guanidine groups is 1. The summed E-state index contributed by atoms with van der Waals surface area (Å²) in [6.07, 6.45) is 6.65. The van der Waals surface area contributed by atoms with Crippen molar-refractivity contribution in [2.75, 3.05) is 27.2 Å². The maximum Gasteiger partial charge on any atom is 0.240 e. The second-order valence-corrected chi connectivity index (χ2v) is 8.05. The maximum absolute atomic E-state index is 12.0. The van der Waals surface area contributed by atoms with Crippen LogP contribution in [0.5, 0.6) is 0 Å². The van der Waals surface area contributed by atoms with Crippen molar-refractivity contribution in [3.8, 4) is 0 Å². The molecule has 1 aliphatic rings. The summed E-state index contributed by atoms with van der Waals surface area (Å²) in [5.41, 5.74) is -0.202. The van der Waals surface area contributed by atoms with Gasteiger partial charge in [-0.3, -0.25) is 9.79 Å². The van der Waals surface area contributed by atoms with Crippen molar-refractivity contribution >= 4 is 11.9 Å². The molecule has 2 unspecified atom stereocenters. The Morgan fingerprint density at radius 2 is 2.00 bits per heavy atom. The van der Waals surface area contributed by atoms with Gasteiger partial charge in [0, 0.05) is 26.2 Å². The average molecular weight is 325 g/mol. The van der Waals surface area contributed by atoms with Gasteiger partial charge in [-0.1, -0.05) is 26.2 Å². The molecule has 0 aromatic rings. The van der Waals surface area contributed by atoms with E-state index in [1.165, 1.54) is 32.1 Å². The number of likely N-dealkylation sites (N-methyl/N-ethyl adjacent to an activating group) is 1. The lowest BCUT2D eigenvalue weighted by Crippen LogP contribution is -2.49. The molecule has 1 saturated carbocycles. The van der Waals surface area contributed by atoms with Gasteiger partial charge in [-0.2, -0.15) is 0 Å². The molecular weight excluding hydrogens is 288 g/mol. The van der Waals surface area contributed by atoms with E-state index >= 15 is 0 Å². The minimum atomic E-state index is -0.202. The Morgan fingerprint density at radius 1 is 1.30 bits per heavy atom. The van der Waals surface area contributed by atoms with Crippen LogP contribution in [-0.2, 0) is 4.79 Å². The number of nitrogens with one attached hydrogen (secondary N) is 2. The highest BCUT2D eigenvalue weighted by Gasteiger charge is 2.19. The number of amides is 1. The van der Waals surface area contributed by atoms with Gasteiger partial charge < -0.3 is 15.5 Å². The summed E-state index contributed by atoms with van der Waals surface area (Å²) in [6.45, 7) is 9.57. The quantitative estimate of drug-likeness (QED) is 0.604. The molecule has 0 heterocycles. The van der Waals surface area contributed by atoms with Gasteiger partial charge in [0.1, 0.15) is 0 Å². The molecule has 1 fully saturated rings. The van der Waals surface area contributed by atoms with Crippen LogP contribution in [0.25, 0.3) is 0 Å². The van der Waals surface area contributed by atoms with Gasteiger partial charge in [-0.05, 0) is 45.4 Å². The van der Waals surface area contributed by atoms with Crippen molar-refractivity contribution < 1.29 is 4.79 Å². The Bertz CT molecular complexity index is 400. The fourth-order valence-corrected chi connectivity index (χ4v) is 3.34. The zero-order chi connectivity index (χ0) is 17.5. The lowest BCUT2D eigenvalue weighted by Gasteiger charge is -2.28. The minimum absolute atomic E-state index is 0.0176. The van der Waals surface area contributed by atoms with Crippen LogP contribution < -0.4 is 10.6 Å². The van der Waals surface area contributed by atoms with Gasteiger partial charge in [0.05, 0.1) is 6.54 Å². The van der Waals surface area contributed by atoms with Gasteiger partial charge in [0.15, 0.2) is 5.96 Å². The summed E-state index contributed by atoms with van der Waals surface area (Å²) < 4.78 is 0. The maximum atomic E-state index is 12.0. The van der Waals surface area contributed by atoms with Gasteiger partial charge in [0.2, 0.25) is 5.91 Å². The predicted octanol–water partition coefficient (Wildman–Crippen LogP) is 2.62. The van der Waals surface area contributed by atoms with Crippen LogP contribution in [0.2, 0.25) is 0 Å². The number of hydrogen-bond donors (Lipinski definition) is 2. The Hall–Kier alpha value is -1.26. The lowest BCUT2D eigenvalue weighted by atomic mass is 9.81. The van der Waals surface area contributed by atoms with Crippen molar-refractivity contribution in [3.05, 3.63) is 0 Å². The first-order chi connectivity index (χ1) is 10.7. The van der Waals surface area contributed by atoms with Crippen molar-refractivity contribution in [3.63, 3.8) is 0 Å². The standard InChI is InChI=1S/C18H36N4O/c1-14-8-7-9-15(12-14)10-11-20-17(19-5)22(6)13-16(23)21-18(2,3)4/h14-15H,7-13H2,1-6H3,(H,19,20)(H,21,23). The van der Waals surface area contributed by atoms with E-state index in [1.807, 2.05) is 32.7 Å². The monoisotopic (exact) mass is 324 g/mol. The van der Waals surface area contributed by atoms with Crippen LogP contribution in [-0.4, -0.2) is 49.5 Å².